The van der Waals surface area contributed by atoms with Crippen LogP contribution in [0.1, 0.15) is 49.8 Å². The van der Waals surface area contributed by atoms with Gasteiger partial charge in [-0.1, -0.05) is 31.5 Å². The molecule has 17 heavy (non-hydrogen) atoms. The second kappa shape index (κ2) is 6.19. The van der Waals surface area contributed by atoms with Crippen LogP contribution in [0.5, 0.6) is 0 Å². The Morgan fingerprint density at radius 1 is 1.41 bits per heavy atom. The maximum Gasteiger partial charge on any atom is 0.0359 e. The summed E-state index contributed by atoms with van der Waals surface area (Å²) in [4.78, 5) is 0. The Morgan fingerprint density at radius 2 is 2.18 bits per heavy atom. The SMILES string of the molecule is CCCNC(c1cccc(C)c1I)C1CCC1. The largest absolute Gasteiger partial charge is 0.310 e. The highest BCUT2D eigenvalue weighted by atomic mass is 127. The van der Waals surface area contributed by atoms with Crippen LogP contribution in [0.15, 0.2) is 18.2 Å². The lowest BCUT2D eigenvalue weighted by Crippen LogP contribution is -2.33. The number of aryl methyl sites for hydroxylation is 1. The van der Waals surface area contributed by atoms with Crippen LogP contribution in [0, 0.1) is 16.4 Å². The van der Waals surface area contributed by atoms with Crippen molar-refractivity contribution in [3.05, 3.63) is 32.9 Å². The first-order valence-electron chi connectivity index (χ1n) is 6.72. The standard InChI is InChI=1S/C15H22IN/c1-3-10-17-15(12-7-5-8-12)13-9-4-6-11(2)14(13)16/h4,6,9,12,15,17H,3,5,7-8,10H2,1-2H3. The van der Waals surface area contributed by atoms with Gasteiger partial charge in [0.25, 0.3) is 0 Å². The molecule has 1 saturated carbocycles. The molecule has 2 heteroatoms. The molecule has 1 N–H and O–H groups in total. The highest BCUT2D eigenvalue weighted by Crippen LogP contribution is 2.39. The average molecular weight is 343 g/mol. The summed E-state index contributed by atoms with van der Waals surface area (Å²) in [6.45, 7) is 5.58. The lowest BCUT2D eigenvalue weighted by molar-refractivity contribution is 0.230. The zero-order valence-corrected chi connectivity index (χ0v) is 13.0. The molecule has 1 aliphatic rings. The topological polar surface area (TPSA) is 12.0 Å². The van der Waals surface area contributed by atoms with Crippen molar-refractivity contribution in [2.45, 2.75) is 45.6 Å². The predicted octanol–water partition coefficient (Wildman–Crippen LogP) is 4.44. The van der Waals surface area contributed by atoms with Crippen LogP contribution in [0.25, 0.3) is 0 Å². The third-order valence-corrected chi connectivity index (χ3v) is 5.27. The molecule has 94 valence electrons. The van der Waals surface area contributed by atoms with E-state index in [9.17, 15) is 0 Å². The molecule has 0 amide bonds. The van der Waals surface area contributed by atoms with Gasteiger partial charge in [-0.2, -0.15) is 0 Å². The zero-order valence-electron chi connectivity index (χ0n) is 10.8. The van der Waals surface area contributed by atoms with Gasteiger partial charge in [-0.25, -0.2) is 0 Å². The summed E-state index contributed by atoms with van der Waals surface area (Å²) in [5.74, 6) is 0.858. The normalized spacial score (nSPS) is 17.8. The van der Waals surface area contributed by atoms with Gasteiger partial charge in [0.05, 0.1) is 0 Å². The van der Waals surface area contributed by atoms with Gasteiger partial charge in [0.1, 0.15) is 0 Å². The number of rotatable bonds is 5. The van der Waals surface area contributed by atoms with Crippen LogP contribution in [0.3, 0.4) is 0 Å². The summed E-state index contributed by atoms with van der Waals surface area (Å²) in [7, 11) is 0. The summed E-state index contributed by atoms with van der Waals surface area (Å²) < 4.78 is 1.45. The van der Waals surface area contributed by atoms with E-state index in [1.807, 2.05) is 0 Å². The van der Waals surface area contributed by atoms with Gasteiger partial charge in [0, 0.05) is 9.61 Å². The smallest absolute Gasteiger partial charge is 0.0359 e. The molecule has 1 aromatic carbocycles. The Bertz CT molecular complexity index is 371. The monoisotopic (exact) mass is 343 g/mol. The average Bonchev–Trinajstić information content (AvgIpc) is 2.26. The van der Waals surface area contributed by atoms with Crippen molar-refractivity contribution < 1.29 is 0 Å². The van der Waals surface area contributed by atoms with Gasteiger partial charge in [0.15, 0.2) is 0 Å². The van der Waals surface area contributed by atoms with E-state index in [-0.39, 0.29) is 0 Å². The van der Waals surface area contributed by atoms with Gasteiger partial charge in [0.2, 0.25) is 0 Å². The van der Waals surface area contributed by atoms with E-state index in [1.165, 1.54) is 40.4 Å². The summed E-state index contributed by atoms with van der Waals surface area (Å²) >= 11 is 2.51. The van der Waals surface area contributed by atoms with Crippen LogP contribution >= 0.6 is 22.6 Å². The maximum atomic E-state index is 3.75. The third-order valence-electron chi connectivity index (χ3n) is 3.79. The van der Waals surface area contributed by atoms with E-state index in [2.05, 4.69) is 60.0 Å². The number of hydrogen-bond donors (Lipinski definition) is 1. The molecule has 0 bridgehead atoms. The van der Waals surface area contributed by atoms with E-state index >= 15 is 0 Å². The zero-order chi connectivity index (χ0) is 12.3. The second-order valence-corrected chi connectivity index (χ2v) is 6.18. The van der Waals surface area contributed by atoms with Crippen molar-refractivity contribution >= 4 is 22.6 Å². The Balaban J connectivity index is 2.21. The highest BCUT2D eigenvalue weighted by Gasteiger charge is 2.29. The van der Waals surface area contributed by atoms with Crippen LogP contribution in [0.2, 0.25) is 0 Å². The molecule has 0 heterocycles. The molecule has 1 unspecified atom stereocenters. The molecule has 0 aliphatic heterocycles. The number of hydrogen-bond acceptors (Lipinski definition) is 1. The summed E-state index contributed by atoms with van der Waals surface area (Å²) in [6, 6.07) is 7.30. The minimum atomic E-state index is 0.579. The van der Waals surface area contributed by atoms with Crippen molar-refractivity contribution in [3.63, 3.8) is 0 Å². The first kappa shape index (κ1) is 13.3. The first-order valence-corrected chi connectivity index (χ1v) is 7.80. The lowest BCUT2D eigenvalue weighted by atomic mass is 9.77. The number of halogens is 1. The van der Waals surface area contributed by atoms with E-state index in [0.717, 1.165) is 12.5 Å². The van der Waals surface area contributed by atoms with E-state index < -0.39 is 0 Å². The van der Waals surface area contributed by atoms with Crippen molar-refractivity contribution in [3.8, 4) is 0 Å². The van der Waals surface area contributed by atoms with Gasteiger partial charge in [-0.05, 0) is 72.4 Å². The van der Waals surface area contributed by atoms with Gasteiger partial charge >= 0.3 is 0 Å². The van der Waals surface area contributed by atoms with Crippen LogP contribution < -0.4 is 5.32 Å². The predicted molar refractivity (Wildman–Crippen MR) is 82.3 cm³/mol. The van der Waals surface area contributed by atoms with Crippen molar-refractivity contribution in [2.24, 2.45) is 5.92 Å². The molecule has 0 saturated heterocycles. The lowest BCUT2D eigenvalue weighted by Gasteiger charge is -2.35. The minimum absolute atomic E-state index is 0.579. The first-order chi connectivity index (χ1) is 8.24. The molecule has 1 aliphatic carbocycles. The molecule has 1 nitrogen and oxygen atoms in total. The van der Waals surface area contributed by atoms with Crippen molar-refractivity contribution in [1.82, 2.24) is 5.32 Å². The Morgan fingerprint density at radius 3 is 2.76 bits per heavy atom. The maximum absolute atomic E-state index is 3.75. The molecular formula is C15H22IN. The van der Waals surface area contributed by atoms with Crippen LogP contribution in [-0.2, 0) is 0 Å². The van der Waals surface area contributed by atoms with Crippen molar-refractivity contribution in [2.75, 3.05) is 6.54 Å². The summed E-state index contributed by atoms with van der Waals surface area (Å²) in [5, 5.41) is 3.75. The number of benzene rings is 1. The quantitative estimate of drug-likeness (QED) is 0.780. The minimum Gasteiger partial charge on any atom is -0.310 e. The fraction of sp³-hybridized carbons (Fsp3) is 0.600. The van der Waals surface area contributed by atoms with Crippen LogP contribution in [0.4, 0.5) is 0 Å². The fourth-order valence-corrected chi connectivity index (χ4v) is 3.21. The molecular weight excluding hydrogens is 321 g/mol. The molecule has 1 aromatic rings. The van der Waals surface area contributed by atoms with Gasteiger partial charge < -0.3 is 5.32 Å². The molecule has 2 rings (SSSR count). The summed E-state index contributed by atoms with van der Waals surface area (Å²) in [6.07, 6.45) is 5.42. The molecule has 0 radical (unpaired) electrons. The Kier molecular flexibility index (Phi) is 4.86. The molecule has 1 atom stereocenters. The van der Waals surface area contributed by atoms with E-state index in [4.69, 9.17) is 0 Å². The van der Waals surface area contributed by atoms with Gasteiger partial charge in [-0.15, -0.1) is 0 Å². The second-order valence-electron chi connectivity index (χ2n) is 5.10. The fourth-order valence-electron chi connectivity index (χ4n) is 2.51. The third kappa shape index (κ3) is 3.02. The molecule has 0 aromatic heterocycles. The van der Waals surface area contributed by atoms with Gasteiger partial charge in [-0.3, -0.25) is 0 Å². The number of nitrogens with one attached hydrogen (secondary N) is 1. The van der Waals surface area contributed by atoms with E-state index in [1.54, 1.807) is 0 Å². The summed E-state index contributed by atoms with van der Waals surface area (Å²) in [5.41, 5.74) is 2.93. The molecule has 1 fully saturated rings. The highest BCUT2D eigenvalue weighted by molar-refractivity contribution is 14.1. The van der Waals surface area contributed by atoms with Crippen LogP contribution in [-0.4, -0.2) is 6.54 Å². The Hall–Kier alpha value is -0.0900. The van der Waals surface area contributed by atoms with E-state index in [0.29, 0.717) is 6.04 Å². The molecule has 0 spiro atoms. The Labute approximate surface area is 119 Å². The van der Waals surface area contributed by atoms with Crippen molar-refractivity contribution in [1.29, 1.82) is 0 Å².